The first kappa shape index (κ1) is 13.6. The zero-order chi connectivity index (χ0) is 15.1. The van der Waals surface area contributed by atoms with Crippen molar-refractivity contribution in [3.63, 3.8) is 0 Å². The van der Waals surface area contributed by atoms with Gasteiger partial charge in [0.1, 0.15) is 23.1 Å². The second-order valence-electron chi connectivity index (χ2n) is 4.81. The highest BCUT2D eigenvalue weighted by atomic mass is 35.5. The standard InChI is InChI=1S/C14H12ClN5O/c1-7-13(21)9(6-16)12-14(20(2)19-7)18-10-4-3-8(15)5-11(10)17-12/h3-5,7,19,21H,1-2H3/t7-/m1/s1. The van der Waals surface area contributed by atoms with E-state index in [1.165, 1.54) is 0 Å². The second kappa shape index (κ2) is 4.88. The van der Waals surface area contributed by atoms with Crippen molar-refractivity contribution in [3.05, 3.63) is 34.7 Å². The molecule has 6 nitrogen and oxygen atoms in total. The largest absolute Gasteiger partial charge is 0.509 e. The summed E-state index contributed by atoms with van der Waals surface area (Å²) in [6.07, 6.45) is 0. The summed E-state index contributed by atoms with van der Waals surface area (Å²) in [5.74, 6) is 0.427. The van der Waals surface area contributed by atoms with Gasteiger partial charge in [-0.05, 0) is 25.1 Å². The Kier molecular flexibility index (Phi) is 3.16. The number of hydrogen-bond donors (Lipinski definition) is 2. The number of hydrogen-bond acceptors (Lipinski definition) is 6. The number of hydrazine groups is 1. The van der Waals surface area contributed by atoms with E-state index in [4.69, 9.17) is 11.6 Å². The molecule has 0 unspecified atom stereocenters. The van der Waals surface area contributed by atoms with Crippen LogP contribution in [0, 0.1) is 11.3 Å². The van der Waals surface area contributed by atoms with E-state index in [1.54, 1.807) is 37.2 Å². The van der Waals surface area contributed by atoms with Gasteiger partial charge >= 0.3 is 0 Å². The number of nitriles is 1. The highest BCUT2D eigenvalue weighted by Gasteiger charge is 2.27. The molecule has 1 aromatic heterocycles. The molecule has 0 spiro atoms. The molecule has 0 radical (unpaired) electrons. The average Bonchev–Trinajstić information content (AvgIpc) is 2.54. The zero-order valence-electron chi connectivity index (χ0n) is 11.4. The first-order chi connectivity index (χ1) is 10.0. The Hall–Kier alpha value is -2.36. The summed E-state index contributed by atoms with van der Waals surface area (Å²) in [6, 6.07) is 6.78. The molecule has 1 aliphatic heterocycles. The van der Waals surface area contributed by atoms with Gasteiger partial charge in [0.2, 0.25) is 0 Å². The number of aromatic nitrogens is 2. The topological polar surface area (TPSA) is 85.1 Å². The van der Waals surface area contributed by atoms with E-state index in [-0.39, 0.29) is 11.3 Å². The summed E-state index contributed by atoms with van der Waals surface area (Å²) in [4.78, 5) is 8.97. The van der Waals surface area contributed by atoms with Crippen LogP contribution in [0.3, 0.4) is 0 Å². The Labute approximate surface area is 126 Å². The maximum atomic E-state index is 10.2. The second-order valence-corrected chi connectivity index (χ2v) is 5.25. The number of anilines is 1. The molecular formula is C14H12ClN5O. The number of nitrogens with one attached hydrogen (secondary N) is 1. The fraction of sp³-hybridized carbons (Fsp3) is 0.214. The van der Waals surface area contributed by atoms with E-state index < -0.39 is 6.04 Å². The summed E-state index contributed by atoms with van der Waals surface area (Å²) in [5, 5.41) is 21.7. The van der Waals surface area contributed by atoms with Gasteiger partial charge in [-0.1, -0.05) is 11.6 Å². The molecule has 0 aliphatic carbocycles. The third-order valence-electron chi connectivity index (χ3n) is 3.33. The zero-order valence-corrected chi connectivity index (χ0v) is 12.2. The fourth-order valence-corrected chi connectivity index (χ4v) is 2.45. The quantitative estimate of drug-likeness (QED) is 0.777. The molecule has 0 fully saturated rings. The van der Waals surface area contributed by atoms with Gasteiger partial charge in [0, 0.05) is 12.1 Å². The molecule has 0 bridgehead atoms. The lowest BCUT2D eigenvalue weighted by Gasteiger charge is -2.21. The molecule has 106 valence electrons. The lowest BCUT2D eigenvalue weighted by molar-refractivity contribution is 0.353. The number of benzene rings is 1. The van der Waals surface area contributed by atoms with E-state index in [0.717, 1.165) is 0 Å². The third kappa shape index (κ3) is 2.17. The summed E-state index contributed by atoms with van der Waals surface area (Å²) < 4.78 is 0. The minimum Gasteiger partial charge on any atom is -0.509 e. The van der Waals surface area contributed by atoms with Crippen molar-refractivity contribution in [1.82, 2.24) is 15.4 Å². The minimum absolute atomic E-state index is 0.0567. The maximum absolute atomic E-state index is 10.2. The van der Waals surface area contributed by atoms with Crippen LogP contribution in [0.1, 0.15) is 12.6 Å². The van der Waals surface area contributed by atoms with Crippen LogP contribution in [0.25, 0.3) is 16.6 Å². The van der Waals surface area contributed by atoms with Crippen molar-refractivity contribution >= 4 is 34.0 Å². The Bertz CT molecular complexity index is 811. The first-order valence-electron chi connectivity index (χ1n) is 6.32. The van der Waals surface area contributed by atoms with Gasteiger partial charge in [0.05, 0.1) is 17.1 Å². The lowest BCUT2D eigenvalue weighted by atomic mass is 10.1. The molecule has 0 saturated heterocycles. The fourth-order valence-electron chi connectivity index (χ4n) is 2.28. The number of halogens is 1. The molecule has 7 heteroatoms. The molecular weight excluding hydrogens is 290 g/mol. The first-order valence-corrected chi connectivity index (χ1v) is 6.70. The monoisotopic (exact) mass is 301 g/mol. The van der Waals surface area contributed by atoms with Crippen molar-refractivity contribution in [3.8, 4) is 6.07 Å². The maximum Gasteiger partial charge on any atom is 0.170 e. The summed E-state index contributed by atoms with van der Waals surface area (Å²) >= 11 is 5.97. The van der Waals surface area contributed by atoms with Crippen molar-refractivity contribution in [1.29, 1.82) is 5.26 Å². The summed E-state index contributed by atoms with van der Waals surface area (Å²) in [6.45, 7) is 1.76. The molecule has 1 atom stereocenters. The molecule has 1 aromatic carbocycles. The number of rotatable bonds is 0. The molecule has 21 heavy (non-hydrogen) atoms. The van der Waals surface area contributed by atoms with Gasteiger partial charge < -0.3 is 5.11 Å². The predicted molar refractivity (Wildman–Crippen MR) is 80.7 cm³/mol. The molecule has 2 aromatic rings. The van der Waals surface area contributed by atoms with Crippen LogP contribution in [0.15, 0.2) is 24.0 Å². The molecule has 2 N–H and O–H groups in total. The van der Waals surface area contributed by atoms with E-state index in [2.05, 4.69) is 15.4 Å². The number of allylic oxidation sites excluding steroid dienone is 1. The van der Waals surface area contributed by atoms with Crippen LogP contribution in [0.2, 0.25) is 5.02 Å². The van der Waals surface area contributed by atoms with Crippen molar-refractivity contribution < 1.29 is 5.11 Å². The Balaban J connectivity index is 2.36. The van der Waals surface area contributed by atoms with Crippen molar-refractivity contribution in [2.75, 3.05) is 12.1 Å². The van der Waals surface area contributed by atoms with Crippen LogP contribution in [0.4, 0.5) is 5.82 Å². The average molecular weight is 302 g/mol. The van der Waals surface area contributed by atoms with Gasteiger partial charge in [0.25, 0.3) is 0 Å². The number of aliphatic hydroxyl groups is 1. The lowest BCUT2D eigenvalue weighted by Crippen LogP contribution is -2.41. The van der Waals surface area contributed by atoms with E-state index in [1.807, 2.05) is 6.07 Å². The highest BCUT2D eigenvalue weighted by molar-refractivity contribution is 6.31. The highest BCUT2D eigenvalue weighted by Crippen LogP contribution is 2.30. The molecule has 0 saturated carbocycles. The molecule has 3 rings (SSSR count). The van der Waals surface area contributed by atoms with Gasteiger partial charge in [-0.25, -0.2) is 15.4 Å². The van der Waals surface area contributed by atoms with E-state index >= 15 is 0 Å². The van der Waals surface area contributed by atoms with Crippen molar-refractivity contribution in [2.45, 2.75) is 13.0 Å². The van der Waals surface area contributed by atoms with Crippen LogP contribution in [-0.4, -0.2) is 28.2 Å². The Morgan fingerprint density at radius 2 is 2.14 bits per heavy atom. The molecule has 2 heterocycles. The minimum atomic E-state index is -0.410. The molecule has 1 aliphatic rings. The van der Waals surface area contributed by atoms with Crippen LogP contribution >= 0.6 is 11.6 Å². The van der Waals surface area contributed by atoms with Crippen molar-refractivity contribution in [2.24, 2.45) is 0 Å². The normalized spacial score (nSPS) is 18.4. The SMILES string of the molecule is C[C@H]1NN(C)c2nc3ccc(Cl)cc3nc2C(C#N)=C1O. The number of fused-ring (bicyclic) bond motifs is 2. The number of nitrogens with zero attached hydrogens (tertiary/aromatic N) is 4. The van der Waals surface area contributed by atoms with Crippen LogP contribution < -0.4 is 10.4 Å². The smallest absolute Gasteiger partial charge is 0.170 e. The van der Waals surface area contributed by atoms with Gasteiger partial charge in [-0.2, -0.15) is 5.26 Å². The van der Waals surface area contributed by atoms with E-state index in [0.29, 0.717) is 27.6 Å². The number of aliphatic hydroxyl groups excluding tert-OH is 1. The predicted octanol–water partition coefficient (Wildman–Crippen LogP) is 2.42. The Morgan fingerprint density at radius 3 is 2.86 bits per heavy atom. The summed E-state index contributed by atoms with van der Waals surface area (Å²) in [7, 11) is 1.76. The van der Waals surface area contributed by atoms with Gasteiger partial charge in [-0.3, -0.25) is 5.01 Å². The molecule has 0 amide bonds. The van der Waals surface area contributed by atoms with Crippen LogP contribution in [-0.2, 0) is 0 Å². The van der Waals surface area contributed by atoms with Gasteiger partial charge in [-0.15, -0.1) is 0 Å². The van der Waals surface area contributed by atoms with E-state index in [9.17, 15) is 10.4 Å². The third-order valence-corrected chi connectivity index (χ3v) is 3.56. The summed E-state index contributed by atoms with van der Waals surface area (Å²) in [5.41, 5.74) is 4.72. The Morgan fingerprint density at radius 1 is 1.38 bits per heavy atom. The van der Waals surface area contributed by atoms with Crippen LogP contribution in [0.5, 0.6) is 0 Å². The van der Waals surface area contributed by atoms with Gasteiger partial charge in [0.15, 0.2) is 5.82 Å².